The maximum atomic E-state index is 13.8. The zero-order valence-electron chi connectivity index (χ0n) is 22.6. The topological polar surface area (TPSA) is 138 Å². The second-order valence-electron chi connectivity index (χ2n) is 9.73. The van der Waals surface area contributed by atoms with Gasteiger partial charge >= 0.3 is 0 Å². The molecule has 0 saturated heterocycles. The van der Waals surface area contributed by atoms with Gasteiger partial charge in [0.05, 0.1) is 23.9 Å². The number of carbonyl (C=O) groups excluding carboxylic acids is 2. The summed E-state index contributed by atoms with van der Waals surface area (Å²) in [7, 11) is -3.97. The zero-order valence-corrected chi connectivity index (χ0v) is 23.5. The molecule has 41 heavy (non-hydrogen) atoms. The number of hydrogen-bond acceptors (Lipinski definition) is 9. The molecule has 2 heterocycles. The minimum atomic E-state index is -3.97. The quantitative estimate of drug-likeness (QED) is 0.384. The molecule has 0 bridgehead atoms. The number of benzene rings is 2. The lowest BCUT2D eigenvalue weighted by atomic mass is 9.83. The zero-order chi connectivity index (χ0) is 29.1. The van der Waals surface area contributed by atoms with Gasteiger partial charge in [-0.05, 0) is 36.6 Å². The van der Waals surface area contributed by atoms with Crippen molar-refractivity contribution in [2.75, 3.05) is 13.2 Å². The molecule has 5 rings (SSSR count). The Kier molecular flexibility index (Phi) is 8.43. The maximum Gasteiger partial charge on any atom is 0.239 e. The highest BCUT2D eigenvalue weighted by Crippen LogP contribution is 2.50. The maximum absolute atomic E-state index is 13.8. The van der Waals surface area contributed by atoms with Crippen molar-refractivity contribution < 1.29 is 27.5 Å². The molecule has 3 unspecified atom stereocenters. The number of rotatable bonds is 10. The summed E-state index contributed by atoms with van der Waals surface area (Å²) in [5.41, 5.74) is 3.38. The molecule has 1 amide bonds. The molecule has 0 spiro atoms. The monoisotopic (exact) mass is 576 g/mol. The van der Waals surface area contributed by atoms with Crippen molar-refractivity contribution in [3.8, 4) is 0 Å². The molecule has 2 aliphatic rings. The number of amides is 1. The van der Waals surface area contributed by atoms with Crippen LogP contribution in [0.3, 0.4) is 0 Å². The molecule has 214 valence electrons. The van der Waals surface area contributed by atoms with Gasteiger partial charge in [0.1, 0.15) is 12.3 Å². The molecule has 1 aliphatic heterocycles. The molecule has 2 aromatic carbocycles. The first kappa shape index (κ1) is 28.8. The lowest BCUT2D eigenvalue weighted by Crippen LogP contribution is -2.32. The van der Waals surface area contributed by atoms with Crippen LogP contribution in [0.25, 0.3) is 5.57 Å². The van der Waals surface area contributed by atoms with E-state index in [0.717, 1.165) is 5.06 Å². The Morgan fingerprint density at radius 2 is 1.66 bits per heavy atom. The van der Waals surface area contributed by atoms with Crippen molar-refractivity contribution in [1.29, 1.82) is 0 Å². The van der Waals surface area contributed by atoms with Gasteiger partial charge < -0.3 is 19.7 Å². The number of sulfonamides is 1. The Morgan fingerprint density at radius 1 is 0.951 bits per heavy atom. The van der Waals surface area contributed by atoms with Crippen LogP contribution in [0, 0.1) is 5.21 Å². The fourth-order valence-corrected chi connectivity index (χ4v) is 6.44. The van der Waals surface area contributed by atoms with Crippen molar-refractivity contribution in [3.05, 3.63) is 112 Å². The summed E-state index contributed by atoms with van der Waals surface area (Å²) in [5.74, 6) is -1.39. The summed E-state index contributed by atoms with van der Waals surface area (Å²) in [4.78, 5) is 30.6. The second-order valence-corrected chi connectivity index (χ2v) is 11.4. The third-order valence-corrected chi connectivity index (χ3v) is 8.22. The van der Waals surface area contributed by atoms with Crippen molar-refractivity contribution in [2.45, 2.75) is 44.4 Å². The molecule has 10 nitrogen and oxygen atoms in total. The third-order valence-electron chi connectivity index (χ3n) is 6.96. The van der Waals surface area contributed by atoms with Gasteiger partial charge in [-0.15, -0.1) is 0 Å². The van der Waals surface area contributed by atoms with E-state index in [4.69, 9.17) is 9.47 Å². The minimum absolute atomic E-state index is 0.0623. The number of Topliss-reactive ketones (excluding diaryl/α,β-unsaturated/α-hetero) is 1. The summed E-state index contributed by atoms with van der Waals surface area (Å²) in [6.45, 7) is 4.09. The van der Waals surface area contributed by atoms with Gasteiger partial charge in [0.25, 0.3) is 0 Å². The Balaban J connectivity index is 1.41. The largest absolute Gasteiger partial charge is 0.782 e. The highest BCUT2D eigenvalue weighted by molar-refractivity contribution is 7.89. The molecular formula is C30H30N3O7S-. The van der Waals surface area contributed by atoms with Crippen molar-refractivity contribution in [2.24, 2.45) is 0 Å². The smallest absolute Gasteiger partial charge is 0.239 e. The van der Waals surface area contributed by atoms with Gasteiger partial charge in [-0.25, -0.2) is 8.42 Å². The summed E-state index contributed by atoms with van der Waals surface area (Å²) in [5, 5.41) is 14.4. The summed E-state index contributed by atoms with van der Waals surface area (Å²) >= 11 is 0. The lowest BCUT2D eigenvalue weighted by Gasteiger charge is -2.37. The highest BCUT2D eigenvalue weighted by atomic mass is 32.2. The van der Waals surface area contributed by atoms with Crippen LogP contribution < -0.4 is 4.72 Å². The molecular weight excluding hydrogens is 546 g/mol. The van der Waals surface area contributed by atoms with E-state index in [2.05, 4.69) is 9.71 Å². The molecule has 3 atom stereocenters. The van der Waals surface area contributed by atoms with Crippen LogP contribution >= 0.6 is 0 Å². The number of carbonyl (C=O) groups is 2. The van der Waals surface area contributed by atoms with Crippen LogP contribution in [0.1, 0.15) is 53.9 Å². The molecule has 1 aromatic heterocycles. The fourth-order valence-electron chi connectivity index (χ4n) is 5.32. The van der Waals surface area contributed by atoms with Crippen LogP contribution in [0.4, 0.5) is 0 Å². The standard InChI is InChI=1S/C30H30N3O7S/c1-3-39-29-22-11-8-16-31-26(22)24-25(28(29)35)27(33(36)30(24)40-4-2)21-14-12-20(13-15-21)18-41(37,38)32-23(34)17-19-9-6-5-7-10-19/h5-16,27,29-30H,3-4,17-18H2,1-2H3,(H,32,34)/q-1. The Hall–Kier alpha value is -3.74. The van der Waals surface area contributed by atoms with Gasteiger partial charge in [-0.2, -0.15) is 0 Å². The van der Waals surface area contributed by atoms with E-state index >= 15 is 0 Å². The minimum Gasteiger partial charge on any atom is -0.782 e. The van der Waals surface area contributed by atoms with E-state index < -0.39 is 40.1 Å². The average Bonchev–Trinajstić information content (AvgIpc) is 3.23. The Morgan fingerprint density at radius 3 is 2.34 bits per heavy atom. The summed E-state index contributed by atoms with van der Waals surface area (Å²) in [6.07, 6.45) is -0.405. The number of hydroxylamine groups is 2. The predicted octanol–water partition coefficient (Wildman–Crippen LogP) is 3.60. The van der Waals surface area contributed by atoms with E-state index in [0.29, 0.717) is 40.1 Å². The van der Waals surface area contributed by atoms with Gasteiger partial charge in [-0.3, -0.25) is 19.3 Å². The second kappa shape index (κ2) is 12.0. The number of fused-ring (bicyclic) bond motifs is 2. The molecule has 0 radical (unpaired) electrons. The van der Waals surface area contributed by atoms with E-state index in [1.54, 1.807) is 80.7 Å². The number of pyridine rings is 1. The van der Waals surface area contributed by atoms with Crippen LogP contribution in [0.2, 0.25) is 0 Å². The van der Waals surface area contributed by atoms with Crippen LogP contribution in [-0.4, -0.2) is 49.6 Å². The normalized spacial score (nSPS) is 20.6. The number of aromatic nitrogens is 1. The van der Waals surface area contributed by atoms with Gasteiger partial charge in [-0.1, -0.05) is 60.7 Å². The Labute approximate surface area is 238 Å². The van der Waals surface area contributed by atoms with E-state index in [9.17, 15) is 23.2 Å². The molecule has 1 N–H and O–H groups in total. The van der Waals surface area contributed by atoms with E-state index in [1.807, 2.05) is 6.07 Å². The van der Waals surface area contributed by atoms with Crippen molar-refractivity contribution in [1.82, 2.24) is 14.8 Å². The number of ketones is 1. The van der Waals surface area contributed by atoms with Crippen molar-refractivity contribution in [3.63, 3.8) is 0 Å². The Bertz CT molecular complexity index is 1570. The summed E-state index contributed by atoms with van der Waals surface area (Å²) < 4.78 is 39.1. The summed E-state index contributed by atoms with van der Waals surface area (Å²) in [6, 6.07) is 17.7. The molecule has 11 heteroatoms. The average molecular weight is 577 g/mol. The van der Waals surface area contributed by atoms with E-state index in [1.165, 1.54) is 0 Å². The first-order valence-electron chi connectivity index (χ1n) is 13.3. The van der Waals surface area contributed by atoms with Crippen molar-refractivity contribution >= 4 is 27.3 Å². The first-order valence-corrected chi connectivity index (χ1v) is 15.0. The van der Waals surface area contributed by atoms with Gasteiger partial charge in [0.2, 0.25) is 15.9 Å². The third kappa shape index (κ3) is 5.85. The van der Waals surface area contributed by atoms with Gasteiger partial charge in [0.15, 0.2) is 5.78 Å². The number of nitrogens with zero attached hydrogens (tertiary/aromatic N) is 2. The van der Waals surface area contributed by atoms with Crippen LogP contribution in [-0.2, 0) is 41.3 Å². The number of hydrogen-bond donors (Lipinski definition) is 1. The highest BCUT2D eigenvalue weighted by Gasteiger charge is 2.48. The number of ether oxygens (including phenoxy) is 2. The van der Waals surface area contributed by atoms with E-state index in [-0.39, 0.29) is 24.4 Å². The molecule has 1 aliphatic carbocycles. The molecule has 3 aromatic rings. The number of nitrogens with one attached hydrogen (secondary N) is 1. The molecule has 0 fully saturated rings. The fraction of sp³-hybridized carbons (Fsp3) is 0.300. The first-order chi connectivity index (χ1) is 19.7. The van der Waals surface area contributed by atoms with Crippen LogP contribution in [0.5, 0.6) is 0 Å². The van der Waals surface area contributed by atoms with Gasteiger partial charge in [0, 0.05) is 36.1 Å². The lowest BCUT2D eigenvalue weighted by molar-refractivity contribution is -0.127. The predicted molar refractivity (Wildman–Crippen MR) is 151 cm³/mol. The SMILES string of the molecule is CCOC1C(=O)C2=C(c3ncccc31)C(OCC)N([O-])C2c1ccc(CS(=O)(=O)NC(=O)Cc2ccccc2)cc1. The van der Waals surface area contributed by atoms with Crippen LogP contribution in [0.15, 0.2) is 78.5 Å². The molecule has 0 saturated carbocycles.